The second-order valence-electron chi connectivity index (χ2n) is 5.12. The van der Waals surface area contributed by atoms with Crippen molar-refractivity contribution in [1.82, 2.24) is 0 Å². The third kappa shape index (κ3) is 3.61. The molecule has 1 saturated carbocycles. The summed E-state index contributed by atoms with van der Waals surface area (Å²) in [5, 5.41) is 0.639. The fraction of sp³-hybridized carbons (Fsp3) is 0.615. The van der Waals surface area contributed by atoms with Crippen molar-refractivity contribution in [3.05, 3.63) is 10.4 Å². The average Bonchev–Trinajstić information content (AvgIpc) is 3.18. The highest BCUT2D eigenvalue weighted by Gasteiger charge is 2.35. The van der Waals surface area contributed by atoms with Gasteiger partial charge in [-0.3, -0.25) is 0 Å². The van der Waals surface area contributed by atoms with E-state index in [0.29, 0.717) is 10.7 Å². The average molecular weight is 322 g/mol. The van der Waals surface area contributed by atoms with Crippen molar-refractivity contribution in [1.29, 1.82) is 0 Å². The molecule has 1 aliphatic rings. The van der Waals surface area contributed by atoms with Crippen molar-refractivity contribution in [2.45, 2.75) is 31.4 Å². The lowest BCUT2D eigenvalue weighted by Gasteiger charge is -2.20. The molecular formula is C13H17F3N2O2S. The summed E-state index contributed by atoms with van der Waals surface area (Å²) < 4.78 is 41.7. The summed E-state index contributed by atoms with van der Waals surface area (Å²) in [6, 6.07) is 0. The number of nitrogens with zero attached hydrogens (tertiary/aromatic N) is 1. The van der Waals surface area contributed by atoms with Gasteiger partial charge in [-0.15, -0.1) is 11.3 Å². The summed E-state index contributed by atoms with van der Waals surface area (Å²) in [6.45, 7) is -0.163. The van der Waals surface area contributed by atoms with Crippen LogP contribution in [0.25, 0.3) is 0 Å². The van der Waals surface area contributed by atoms with E-state index in [-0.39, 0.29) is 17.3 Å². The third-order valence-electron chi connectivity index (χ3n) is 3.40. The number of nitrogen functional groups attached to an aromatic ring is 1. The molecule has 1 aromatic heterocycles. The molecule has 1 heterocycles. The van der Waals surface area contributed by atoms with Gasteiger partial charge in [-0.05, 0) is 18.8 Å². The standard InChI is InChI=1S/C13H17F3N2O2S/c1-18(6-5-13(14,15)16)11-8(7-3-4-7)9(17)10(21-11)12(19)20-2/h7H,3-6,17H2,1-2H3. The predicted molar refractivity (Wildman–Crippen MR) is 76.0 cm³/mol. The highest BCUT2D eigenvalue weighted by molar-refractivity contribution is 7.18. The zero-order valence-electron chi connectivity index (χ0n) is 11.8. The van der Waals surface area contributed by atoms with Gasteiger partial charge in [-0.1, -0.05) is 0 Å². The van der Waals surface area contributed by atoms with E-state index in [1.54, 1.807) is 7.05 Å². The number of esters is 1. The van der Waals surface area contributed by atoms with Crippen LogP contribution in [0.4, 0.5) is 23.9 Å². The van der Waals surface area contributed by atoms with Gasteiger partial charge >= 0.3 is 12.1 Å². The first-order chi connectivity index (χ1) is 9.74. The van der Waals surface area contributed by atoms with Crippen LogP contribution in [0, 0.1) is 0 Å². The Morgan fingerprint density at radius 1 is 1.48 bits per heavy atom. The number of hydrogen-bond donors (Lipinski definition) is 1. The molecule has 0 saturated heterocycles. The molecule has 1 fully saturated rings. The molecule has 4 nitrogen and oxygen atoms in total. The molecule has 118 valence electrons. The number of anilines is 2. The predicted octanol–water partition coefficient (Wildman–Crippen LogP) is 3.38. The Kier molecular flexibility index (Phi) is 4.36. The summed E-state index contributed by atoms with van der Waals surface area (Å²) >= 11 is 1.10. The second kappa shape index (κ2) is 5.75. The van der Waals surface area contributed by atoms with Crippen LogP contribution in [0.15, 0.2) is 0 Å². The Bertz CT molecular complexity index is 538. The smallest absolute Gasteiger partial charge is 0.390 e. The molecule has 1 aromatic rings. The molecule has 0 radical (unpaired) electrons. The van der Waals surface area contributed by atoms with E-state index in [1.165, 1.54) is 12.0 Å². The van der Waals surface area contributed by atoms with E-state index in [0.717, 1.165) is 29.7 Å². The maximum absolute atomic E-state index is 12.3. The molecule has 0 spiro atoms. The van der Waals surface area contributed by atoms with Gasteiger partial charge in [0.2, 0.25) is 0 Å². The minimum atomic E-state index is -4.21. The molecule has 2 rings (SSSR count). The van der Waals surface area contributed by atoms with Crippen LogP contribution in [0.2, 0.25) is 0 Å². The summed E-state index contributed by atoms with van der Waals surface area (Å²) in [6.07, 6.45) is -3.22. The highest BCUT2D eigenvalue weighted by atomic mass is 32.1. The maximum Gasteiger partial charge on any atom is 0.390 e. The van der Waals surface area contributed by atoms with Gasteiger partial charge in [0.15, 0.2) is 0 Å². The van der Waals surface area contributed by atoms with Crippen LogP contribution < -0.4 is 10.6 Å². The van der Waals surface area contributed by atoms with Gasteiger partial charge in [0.1, 0.15) is 4.88 Å². The normalized spacial score (nSPS) is 15.1. The Morgan fingerprint density at radius 2 is 2.10 bits per heavy atom. The first-order valence-electron chi connectivity index (χ1n) is 6.53. The number of ether oxygens (including phenoxy) is 1. The topological polar surface area (TPSA) is 55.6 Å². The van der Waals surface area contributed by atoms with Crippen LogP contribution in [-0.2, 0) is 4.74 Å². The molecule has 0 atom stereocenters. The van der Waals surface area contributed by atoms with Crippen molar-refractivity contribution in [3.63, 3.8) is 0 Å². The minimum absolute atomic E-state index is 0.163. The van der Waals surface area contributed by atoms with Crippen molar-refractivity contribution < 1.29 is 22.7 Å². The van der Waals surface area contributed by atoms with Gasteiger partial charge in [0.05, 0.1) is 24.2 Å². The molecule has 0 aliphatic heterocycles. The number of alkyl halides is 3. The first-order valence-corrected chi connectivity index (χ1v) is 7.34. The first kappa shape index (κ1) is 15.9. The van der Waals surface area contributed by atoms with E-state index in [2.05, 4.69) is 4.74 Å². The van der Waals surface area contributed by atoms with Crippen LogP contribution in [0.5, 0.6) is 0 Å². The molecule has 0 amide bonds. The van der Waals surface area contributed by atoms with Crippen LogP contribution in [0.3, 0.4) is 0 Å². The number of thiophene rings is 1. The molecular weight excluding hydrogens is 305 g/mol. The molecule has 21 heavy (non-hydrogen) atoms. The SMILES string of the molecule is COC(=O)c1sc(N(C)CCC(F)(F)F)c(C2CC2)c1N. The zero-order chi connectivity index (χ0) is 15.8. The maximum atomic E-state index is 12.3. The van der Waals surface area contributed by atoms with E-state index in [9.17, 15) is 18.0 Å². The summed E-state index contributed by atoms with van der Waals surface area (Å²) in [4.78, 5) is 13.5. The summed E-state index contributed by atoms with van der Waals surface area (Å²) in [7, 11) is 2.84. The van der Waals surface area contributed by atoms with Crippen molar-refractivity contribution in [3.8, 4) is 0 Å². The van der Waals surface area contributed by atoms with E-state index < -0.39 is 18.6 Å². The number of carbonyl (C=O) groups is 1. The molecule has 2 N–H and O–H groups in total. The monoisotopic (exact) mass is 322 g/mol. The van der Waals surface area contributed by atoms with Gasteiger partial charge < -0.3 is 15.4 Å². The van der Waals surface area contributed by atoms with Crippen LogP contribution in [-0.4, -0.2) is 32.8 Å². The van der Waals surface area contributed by atoms with Gasteiger partial charge in [0.25, 0.3) is 0 Å². The van der Waals surface area contributed by atoms with E-state index in [4.69, 9.17) is 5.73 Å². The van der Waals surface area contributed by atoms with Gasteiger partial charge in [-0.2, -0.15) is 13.2 Å². The fourth-order valence-electron chi connectivity index (χ4n) is 2.13. The van der Waals surface area contributed by atoms with Crippen molar-refractivity contribution in [2.75, 3.05) is 31.3 Å². The lowest BCUT2D eigenvalue weighted by atomic mass is 10.1. The lowest BCUT2D eigenvalue weighted by Crippen LogP contribution is -2.24. The largest absolute Gasteiger partial charge is 0.465 e. The zero-order valence-corrected chi connectivity index (χ0v) is 12.6. The Labute approximate surface area is 124 Å². The fourth-order valence-corrected chi connectivity index (χ4v) is 3.35. The minimum Gasteiger partial charge on any atom is -0.465 e. The Balaban J connectivity index is 2.27. The third-order valence-corrected chi connectivity index (χ3v) is 4.71. The molecule has 8 heteroatoms. The van der Waals surface area contributed by atoms with E-state index >= 15 is 0 Å². The molecule has 0 bridgehead atoms. The summed E-state index contributed by atoms with van der Waals surface area (Å²) in [5.41, 5.74) is 7.15. The number of nitrogens with two attached hydrogens (primary N) is 1. The Hall–Kier alpha value is -1.44. The van der Waals surface area contributed by atoms with Crippen LogP contribution in [0.1, 0.15) is 40.4 Å². The Morgan fingerprint density at radius 3 is 2.57 bits per heavy atom. The van der Waals surface area contributed by atoms with Gasteiger partial charge in [0, 0.05) is 19.2 Å². The van der Waals surface area contributed by atoms with E-state index in [1.807, 2.05) is 0 Å². The number of halogens is 3. The number of carbonyl (C=O) groups excluding carboxylic acids is 1. The number of rotatable bonds is 5. The van der Waals surface area contributed by atoms with Crippen molar-refractivity contribution >= 4 is 28.0 Å². The summed E-state index contributed by atoms with van der Waals surface area (Å²) in [5.74, 6) is -0.308. The second-order valence-corrected chi connectivity index (χ2v) is 6.12. The molecule has 0 aromatic carbocycles. The molecule has 1 aliphatic carbocycles. The highest BCUT2D eigenvalue weighted by Crippen LogP contribution is 2.52. The number of methoxy groups -OCH3 is 1. The quantitative estimate of drug-likeness (QED) is 0.844. The van der Waals surface area contributed by atoms with Gasteiger partial charge in [-0.25, -0.2) is 4.79 Å². The molecule has 0 unspecified atom stereocenters. The lowest BCUT2D eigenvalue weighted by molar-refractivity contribution is -0.132. The van der Waals surface area contributed by atoms with Crippen LogP contribution >= 0.6 is 11.3 Å². The van der Waals surface area contributed by atoms with Crippen molar-refractivity contribution in [2.24, 2.45) is 0 Å². The number of hydrogen-bond acceptors (Lipinski definition) is 5.